The molecule has 1 aliphatic rings. The molecule has 1 aliphatic heterocycles. The average Bonchev–Trinajstić information content (AvgIpc) is 3.10. The van der Waals surface area contributed by atoms with Gasteiger partial charge in [-0.1, -0.05) is 46.3 Å². The van der Waals surface area contributed by atoms with Gasteiger partial charge in [0.05, 0.1) is 6.04 Å². The van der Waals surface area contributed by atoms with E-state index in [0.29, 0.717) is 0 Å². The van der Waals surface area contributed by atoms with E-state index in [9.17, 15) is 5.11 Å². The van der Waals surface area contributed by atoms with Crippen LogP contribution in [0.3, 0.4) is 0 Å². The van der Waals surface area contributed by atoms with Gasteiger partial charge in [0.1, 0.15) is 0 Å². The second-order valence-electron chi connectivity index (χ2n) is 6.67. The van der Waals surface area contributed by atoms with E-state index in [1.807, 2.05) is 6.07 Å². The molecule has 3 aromatic rings. The Kier molecular flexibility index (Phi) is 4.21. The first kappa shape index (κ1) is 15.9. The third-order valence-corrected chi connectivity index (χ3v) is 5.54. The smallest absolute Gasteiger partial charge is 0.0568 e. The molecule has 24 heavy (non-hydrogen) atoms. The molecule has 124 valence electrons. The van der Waals surface area contributed by atoms with Crippen molar-refractivity contribution in [1.29, 1.82) is 0 Å². The first-order chi connectivity index (χ1) is 11.7. The number of benzene rings is 2. The van der Waals surface area contributed by atoms with Crippen LogP contribution in [0, 0.1) is 5.92 Å². The summed E-state index contributed by atoms with van der Waals surface area (Å²) in [5.41, 5.74) is 3.86. The summed E-state index contributed by atoms with van der Waals surface area (Å²) >= 11 is 3.56. The maximum atomic E-state index is 9.91. The summed E-state index contributed by atoms with van der Waals surface area (Å²) in [5, 5.41) is 11.2. The molecule has 0 saturated heterocycles. The van der Waals surface area contributed by atoms with Crippen LogP contribution in [0.5, 0.6) is 0 Å². The van der Waals surface area contributed by atoms with Crippen LogP contribution in [0.2, 0.25) is 0 Å². The molecule has 4 rings (SSSR count). The second-order valence-corrected chi connectivity index (χ2v) is 7.59. The third-order valence-electron chi connectivity index (χ3n) is 5.05. The number of aliphatic hydroxyl groups excluding tert-OH is 1. The lowest BCUT2D eigenvalue weighted by Crippen LogP contribution is -2.29. The van der Waals surface area contributed by atoms with E-state index in [0.717, 1.165) is 17.6 Å². The van der Waals surface area contributed by atoms with Crippen molar-refractivity contribution in [2.24, 2.45) is 5.92 Å². The molecular formula is C20H21BrN2O. The standard InChI is InChI=1S/C20H21BrN2O/c1-22(11-14-5-3-2-4-6-14)20-16(13-24)12-23-18-8-7-17(21)9-15(18)10-19(20)23/h2-10,16,20,24H,11-13H2,1H3/t16-,20+/m1/s1. The molecule has 0 saturated carbocycles. The molecule has 0 aliphatic carbocycles. The minimum absolute atomic E-state index is 0.212. The second kappa shape index (κ2) is 6.36. The van der Waals surface area contributed by atoms with Crippen LogP contribution in [0.4, 0.5) is 0 Å². The van der Waals surface area contributed by atoms with Crippen molar-refractivity contribution in [3.8, 4) is 0 Å². The van der Waals surface area contributed by atoms with Crippen molar-refractivity contribution in [2.45, 2.75) is 19.1 Å². The molecule has 0 fully saturated rings. The number of hydrogen-bond donors (Lipinski definition) is 1. The summed E-state index contributed by atoms with van der Waals surface area (Å²) in [6, 6.07) is 19.5. The number of hydrogen-bond acceptors (Lipinski definition) is 2. The molecule has 2 atom stereocenters. The largest absolute Gasteiger partial charge is 0.396 e. The summed E-state index contributed by atoms with van der Waals surface area (Å²) in [7, 11) is 2.16. The van der Waals surface area contributed by atoms with Crippen molar-refractivity contribution in [2.75, 3.05) is 13.7 Å². The van der Waals surface area contributed by atoms with E-state index in [4.69, 9.17) is 0 Å². The molecule has 0 spiro atoms. The number of aromatic nitrogens is 1. The van der Waals surface area contributed by atoms with E-state index >= 15 is 0 Å². The predicted molar refractivity (Wildman–Crippen MR) is 101 cm³/mol. The minimum Gasteiger partial charge on any atom is -0.396 e. The van der Waals surface area contributed by atoms with Gasteiger partial charge in [-0.25, -0.2) is 0 Å². The molecular weight excluding hydrogens is 364 g/mol. The Hall–Kier alpha value is -1.62. The minimum atomic E-state index is 0.212. The summed E-state index contributed by atoms with van der Waals surface area (Å²) < 4.78 is 3.47. The summed E-state index contributed by atoms with van der Waals surface area (Å²) in [4.78, 5) is 2.36. The van der Waals surface area contributed by atoms with Gasteiger partial charge in [0.25, 0.3) is 0 Å². The van der Waals surface area contributed by atoms with Gasteiger partial charge in [-0.05, 0) is 36.9 Å². The quantitative estimate of drug-likeness (QED) is 0.729. The number of fused-ring (bicyclic) bond motifs is 3. The molecule has 0 bridgehead atoms. The van der Waals surface area contributed by atoms with Gasteiger partial charge < -0.3 is 9.67 Å². The van der Waals surface area contributed by atoms with Gasteiger partial charge >= 0.3 is 0 Å². The molecule has 0 radical (unpaired) electrons. The van der Waals surface area contributed by atoms with Crippen LogP contribution in [0.15, 0.2) is 59.1 Å². The lowest BCUT2D eigenvalue weighted by Gasteiger charge is -2.28. The zero-order chi connectivity index (χ0) is 16.7. The van der Waals surface area contributed by atoms with Gasteiger partial charge in [0.2, 0.25) is 0 Å². The fourth-order valence-corrected chi connectivity index (χ4v) is 4.38. The third kappa shape index (κ3) is 2.69. The fraction of sp³-hybridized carbons (Fsp3) is 0.300. The zero-order valence-electron chi connectivity index (χ0n) is 13.7. The average molecular weight is 385 g/mol. The number of rotatable bonds is 4. The highest BCUT2D eigenvalue weighted by Crippen LogP contribution is 2.40. The van der Waals surface area contributed by atoms with Crippen LogP contribution in [-0.2, 0) is 13.1 Å². The summed E-state index contributed by atoms with van der Waals surface area (Å²) in [6.45, 7) is 1.97. The zero-order valence-corrected chi connectivity index (χ0v) is 15.3. The Labute approximate surface area is 150 Å². The van der Waals surface area contributed by atoms with Gasteiger partial charge in [-0.3, -0.25) is 4.90 Å². The molecule has 4 heteroatoms. The molecule has 2 aromatic carbocycles. The molecule has 3 nitrogen and oxygen atoms in total. The monoisotopic (exact) mass is 384 g/mol. The van der Waals surface area contributed by atoms with Crippen LogP contribution in [0.1, 0.15) is 17.3 Å². The lowest BCUT2D eigenvalue weighted by atomic mass is 9.99. The number of aliphatic hydroxyl groups is 1. The fourth-order valence-electron chi connectivity index (χ4n) is 4.00. The Morgan fingerprint density at radius 2 is 1.96 bits per heavy atom. The van der Waals surface area contributed by atoms with Crippen molar-refractivity contribution >= 4 is 26.8 Å². The highest BCUT2D eigenvalue weighted by Gasteiger charge is 2.36. The lowest BCUT2D eigenvalue weighted by molar-refractivity contribution is 0.122. The highest BCUT2D eigenvalue weighted by molar-refractivity contribution is 9.10. The van der Waals surface area contributed by atoms with Crippen molar-refractivity contribution in [1.82, 2.24) is 9.47 Å². The van der Waals surface area contributed by atoms with E-state index in [1.165, 1.54) is 22.2 Å². The molecule has 1 N–H and O–H groups in total. The Bertz CT molecular complexity index is 859. The SMILES string of the molecule is CN(Cc1ccccc1)[C@@H]1c2cc3cc(Br)ccc3n2C[C@@H]1CO. The molecule has 2 heterocycles. The van der Waals surface area contributed by atoms with E-state index < -0.39 is 0 Å². The first-order valence-corrected chi connectivity index (χ1v) is 9.10. The number of nitrogens with zero attached hydrogens (tertiary/aromatic N) is 2. The molecule has 1 aromatic heterocycles. The van der Waals surface area contributed by atoms with Gasteiger partial charge in [-0.15, -0.1) is 0 Å². The van der Waals surface area contributed by atoms with E-state index in [-0.39, 0.29) is 18.6 Å². The van der Waals surface area contributed by atoms with Crippen LogP contribution < -0.4 is 0 Å². The summed E-state index contributed by atoms with van der Waals surface area (Å²) in [5.74, 6) is 0.238. The Morgan fingerprint density at radius 1 is 1.17 bits per heavy atom. The topological polar surface area (TPSA) is 28.4 Å². The first-order valence-electron chi connectivity index (χ1n) is 8.31. The maximum Gasteiger partial charge on any atom is 0.0568 e. The van der Waals surface area contributed by atoms with Gasteiger partial charge in [0.15, 0.2) is 0 Å². The predicted octanol–water partition coefficient (Wildman–Crippen LogP) is 4.20. The highest BCUT2D eigenvalue weighted by atomic mass is 79.9. The van der Waals surface area contributed by atoms with E-state index in [1.54, 1.807) is 0 Å². The van der Waals surface area contributed by atoms with Crippen molar-refractivity contribution in [3.63, 3.8) is 0 Å². The molecule has 0 unspecified atom stereocenters. The van der Waals surface area contributed by atoms with Crippen LogP contribution in [0.25, 0.3) is 10.9 Å². The summed E-state index contributed by atoms with van der Waals surface area (Å²) in [6.07, 6.45) is 0. The van der Waals surface area contributed by atoms with Gasteiger partial charge in [0, 0.05) is 46.7 Å². The van der Waals surface area contributed by atoms with E-state index in [2.05, 4.69) is 81.0 Å². The number of halogens is 1. The maximum absolute atomic E-state index is 9.91. The van der Waals surface area contributed by atoms with Gasteiger partial charge in [-0.2, -0.15) is 0 Å². The molecule has 0 amide bonds. The van der Waals surface area contributed by atoms with Crippen LogP contribution in [-0.4, -0.2) is 28.2 Å². The Morgan fingerprint density at radius 3 is 2.71 bits per heavy atom. The normalized spacial score (nSPS) is 20.0. The van der Waals surface area contributed by atoms with Crippen molar-refractivity contribution < 1.29 is 5.11 Å². The Balaban J connectivity index is 1.71. The van der Waals surface area contributed by atoms with Crippen molar-refractivity contribution in [3.05, 3.63) is 70.3 Å². The van der Waals surface area contributed by atoms with Crippen LogP contribution >= 0.6 is 15.9 Å².